The number of ether oxygens (including phenoxy) is 2. The first-order chi connectivity index (χ1) is 19.0. The number of amides is 1. The fourth-order valence-electron chi connectivity index (χ4n) is 4.89. The van der Waals surface area contributed by atoms with E-state index in [9.17, 15) is 9.18 Å². The molecule has 1 amide bonds. The minimum atomic E-state index is -0.532. The molecule has 0 aliphatic carbocycles. The second-order valence-electron chi connectivity index (χ2n) is 9.24. The number of halogens is 2. The Bertz CT molecular complexity index is 1590. The van der Waals surface area contributed by atoms with Gasteiger partial charge in [-0.25, -0.2) is 9.18 Å². The molecule has 1 atom stereocenters. The van der Waals surface area contributed by atoms with Crippen molar-refractivity contribution in [1.82, 2.24) is 24.9 Å². The first-order valence-corrected chi connectivity index (χ1v) is 13.0. The summed E-state index contributed by atoms with van der Waals surface area (Å²) in [5.74, 6) is 0.594. The Hall–Kier alpha value is -3.77. The van der Waals surface area contributed by atoms with E-state index in [4.69, 9.17) is 26.1 Å². The van der Waals surface area contributed by atoms with Crippen LogP contribution >= 0.6 is 11.6 Å². The Morgan fingerprint density at radius 1 is 1.07 bits per heavy atom. The molecule has 5 aromatic rings. The van der Waals surface area contributed by atoms with Crippen molar-refractivity contribution in [3.05, 3.63) is 107 Å². The van der Waals surface area contributed by atoms with E-state index in [1.807, 2.05) is 48.7 Å². The second-order valence-corrected chi connectivity index (χ2v) is 9.68. The summed E-state index contributed by atoms with van der Waals surface area (Å²) in [6.45, 7) is 1.67. The molecule has 0 unspecified atom stereocenters. The summed E-state index contributed by atoms with van der Waals surface area (Å²) in [6, 6.07) is 18.2. The summed E-state index contributed by atoms with van der Waals surface area (Å²) in [4.78, 5) is 19.9. The topological polar surface area (TPSA) is 83.6 Å². The minimum absolute atomic E-state index is 0. The van der Waals surface area contributed by atoms with Gasteiger partial charge in [0.15, 0.2) is 0 Å². The van der Waals surface area contributed by atoms with Gasteiger partial charge in [0, 0.05) is 30.7 Å². The standard InChI is InChI=1S/C29H24ClFN5O3.Li/c30-20-4-11-26-25(18-20)24-12-15-36(29(37)39-23-9-5-21(31)6-10-23)28(27(24)33-26)19-2-7-22(8-3-19)38-17-1-14-35-16-13-32-34-35;/h2-11,13,16,18,28H,1,12,14-15,17H2;/q-1;+1/t28-;/m1./s1. The van der Waals surface area contributed by atoms with E-state index in [1.54, 1.807) is 15.8 Å². The van der Waals surface area contributed by atoms with Crippen LogP contribution in [0.25, 0.3) is 10.9 Å². The van der Waals surface area contributed by atoms with Gasteiger partial charge >= 0.3 is 25.0 Å². The molecular weight excluding hydrogens is 528 g/mol. The van der Waals surface area contributed by atoms with E-state index in [0.29, 0.717) is 31.1 Å². The first kappa shape index (κ1) is 27.8. The largest absolute Gasteiger partial charge is 1.00 e. The number of aryl methyl sites for hydroxylation is 1. The number of benzene rings is 3. The molecule has 3 heterocycles. The molecule has 198 valence electrons. The van der Waals surface area contributed by atoms with Crippen LogP contribution in [0.15, 0.2) is 79.1 Å². The fourth-order valence-corrected chi connectivity index (χ4v) is 5.06. The molecule has 0 bridgehead atoms. The number of hydrogen-bond donors (Lipinski definition) is 0. The van der Waals surface area contributed by atoms with Gasteiger partial charge in [-0.1, -0.05) is 40.6 Å². The van der Waals surface area contributed by atoms with Crippen LogP contribution in [0.2, 0.25) is 5.02 Å². The van der Waals surface area contributed by atoms with Crippen LogP contribution in [-0.2, 0) is 13.0 Å². The maximum atomic E-state index is 13.4. The molecule has 6 rings (SSSR count). The molecule has 1 aliphatic heterocycles. The molecule has 0 fully saturated rings. The molecule has 1 aliphatic rings. The van der Waals surface area contributed by atoms with E-state index in [2.05, 4.69) is 10.3 Å². The van der Waals surface area contributed by atoms with Crippen molar-refractivity contribution in [3.8, 4) is 11.5 Å². The quantitative estimate of drug-likeness (QED) is 0.228. The third-order valence-electron chi connectivity index (χ3n) is 6.73. The van der Waals surface area contributed by atoms with Crippen LogP contribution in [0.3, 0.4) is 0 Å². The average molecular weight is 552 g/mol. The number of carbonyl (C=O) groups is 1. The van der Waals surface area contributed by atoms with Gasteiger partial charge in [-0.05, 0) is 65.9 Å². The number of carbonyl (C=O) groups excluding carboxylic acids is 1. The third kappa shape index (κ3) is 5.87. The number of aromatic nitrogens is 4. The molecule has 2 aromatic heterocycles. The van der Waals surface area contributed by atoms with Crippen molar-refractivity contribution >= 4 is 28.6 Å². The van der Waals surface area contributed by atoms with Crippen molar-refractivity contribution in [2.75, 3.05) is 13.2 Å². The van der Waals surface area contributed by atoms with Crippen LogP contribution < -0.4 is 33.3 Å². The average Bonchev–Trinajstić information content (AvgIpc) is 3.60. The maximum Gasteiger partial charge on any atom is 1.00 e. The Balaban J connectivity index is 0.00000323. The molecule has 0 spiro atoms. The molecule has 0 saturated heterocycles. The minimum Gasteiger partial charge on any atom is -0.659 e. The van der Waals surface area contributed by atoms with Gasteiger partial charge in [-0.15, -0.1) is 16.3 Å². The van der Waals surface area contributed by atoms with Gasteiger partial charge in [-0.3, -0.25) is 9.58 Å². The normalized spacial score (nSPS) is 14.4. The molecule has 0 N–H and O–H groups in total. The molecular formula is C29H24ClFLiN5O3. The smallest absolute Gasteiger partial charge is 0.659 e. The van der Waals surface area contributed by atoms with Gasteiger partial charge in [0.2, 0.25) is 0 Å². The van der Waals surface area contributed by atoms with Crippen molar-refractivity contribution in [2.45, 2.75) is 25.4 Å². The molecule has 11 heteroatoms. The Morgan fingerprint density at radius 3 is 2.60 bits per heavy atom. The Kier molecular flexibility index (Phi) is 8.45. The first-order valence-electron chi connectivity index (χ1n) is 12.6. The van der Waals surface area contributed by atoms with Crippen LogP contribution in [0, 0.1) is 5.82 Å². The summed E-state index contributed by atoms with van der Waals surface area (Å²) in [5, 5.41) is 9.38. The second kappa shape index (κ2) is 12.2. The zero-order chi connectivity index (χ0) is 26.8. The summed E-state index contributed by atoms with van der Waals surface area (Å²) in [5.41, 5.74) is 3.55. The molecule has 8 nitrogen and oxygen atoms in total. The predicted octanol–water partition coefficient (Wildman–Crippen LogP) is 2.80. The van der Waals surface area contributed by atoms with Gasteiger partial charge in [0.1, 0.15) is 17.3 Å². The summed E-state index contributed by atoms with van der Waals surface area (Å²) >= 11 is 6.29. The van der Waals surface area contributed by atoms with E-state index in [0.717, 1.165) is 39.9 Å². The van der Waals surface area contributed by atoms with Crippen LogP contribution in [0.5, 0.6) is 11.5 Å². The Labute approximate surface area is 247 Å². The summed E-state index contributed by atoms with van der Waals surface area (Å²) in [7, 11) is 0. The van der Waals surface area contributed by atoms with Crippen molar-refractivity contribution < 1.29 is 37.5 Å². The fraction of sp³-hybridized carbons (Fsp3) is 0.207. The van der Waals surface area contributed by atoms with Gasteiger partial charge in [0.05, 0.1) is 18.8 Å². The molecule has 3 aromatic carbocycles. The predicted molar refractivity (Wildman–Crippen MR) is 144 cm³/mol. The molecule has 0 radical (unpaired) electrons. The molecule has 0 saturated carbocycles. The van der Waals surface area contributed by atoms with E-state index in [-0.39, 0.29) is 24.6 Å². The zero-order valence-electron chi connectivity index (χ0n) is 21.8. The third-order valence-corrected chi connectivity index (χ3v) is 6.96. The van der Waals surface area contributed by atoms with Crippen molar-refractivity contribution in [3.63, 3.8) is 0 Å². The van der Waals surface area contributed by atoms with E-state index < -0.39 is 18.0 Å². The molecule has 40 heavy (non-hydrogen) atoms. The van der Waals surface area contributed by atoms with Crippen molar-refractivity contribution in [2.24, 2.45) is 0 Å². The number of nitrogens with zero attached hydrogens (tertiary/aromatic N) is 5. The zero-order valence-corrected chi connectivity index (χ0v) is 22.6. The monoisotopic (exact) mass is 551 g/mol. The number of rotatable bonds is 7. The van der Waals surface area contributed by atoms with Gasteiger partial charge in [0.25, 0.3) is 0 Å². The van der Waals surface area contributed by atoms with Crippen molar-refractivity contribution in [1.29, 1.82) is 0 Å². The van der Waals surface area contributed by atoms with Gasteiger partial charge < -0.3 is 14.5 Å². The number of hydrogen-bond acceptors (Lipinski definition) is 5. The number of fused-ring (bicyclic) bond motifs is 3. The van der Waals surface area contributed by atoms with E-state index >= 15 is 0 Å². The Morgan fingerprint density at radius 2 is 1.85 bits per heavy atom. The van der Waals surface area contributed by atoms with E-state index in [1.165, 1.54) is 24.3 Å². The summed E-state index contributed by atoms with van der Waals surface area (Å²) in [6.07, 6.45) is 4.32. The maximum absolute atomic E-state index is 13.4. The van der Waals surface area contributed by atoms with Crippen LogP contribution in [-0.4, -0.2) is 39.1 Å². The van der Waals surface area contributed by atoms with Crippen LogP contribution in [0.4, 0.5) is 9.18 Å². The summed E-state index contributed by atoms with van der Waals surface area (Å²) < 4.78 is 26.7. The van der Waals surface area contributed by atoms with Gasteiger partial charge in [-0.2, -0.15) is 0 Å². The van der Waals surface area contributed by atoms with Crippen LogP contribution in [0.1, 0.15) is 29.3 Å². The SMILES string of the molecule is O=C(Oc1ccc(F)cc1)N1CCc2c([n-]c3ccc(Cl)cc23)[C@H]1c1ccc(OCCCn2ccnn2)cc1.[Li+].